The van der Waals surface area contributed by atoms with E-state index in [1.165, 1.54) is 12.7 Å². The van der Waals surface area contributed by atoms with E-state index in [9.17, 15) is 5.11 Å². The van der Waals surface area contributed by atoms with Gasteiger partial charge in [0.1, 0.15) is 0 Å². The Hall–Kier alpha value is -0.620. The van der Waals surface area contributed by atoms with Gasteiger partial charge in [-0.2, -0.15) is 0 Å². The van der Waals surface area contributed by atoms with Gasteiger partial charge in [0.25, 0.3) is 0 Å². The van der Waals surface area contributed by atoms with Crippen molar-refractivity contribution < 1.29 is 9.84 Å². The molecule has 106 valence electrons. The van der Waals surface area contributed by atoms with E-state index in [1.807, 2.05) is 11.1 Å². The molecule has 1 saturated heterocycles. The van der Waals surface area contributed by atoms with E-state index in [2.05, 4.69) is 19.2 Å². The van der Waals surface area contributed by atoms with Gasteiger partial charge in [0, 0.05) is 32.3 Å². The summed E-state index contributed by atoms with van der Waals surface area (Å²) in [7, 11) is 1.52. The highest BCUT2D eigenvalue weighted by atomic mass is 16.6. The van der Waals surface area contributed by atoms with E-state index in [1.54, 1.807) is 0 Å². The van der Waals surface area contributed by atoms with Crippen molar-refractivity contribution in [1.82, 2.24) is 10.2 Å². The number of nitrogens with one attached hydrogen (secondary N) is 1. The van der Waals surface area contributed by atoms with Gasteiger partial charge in [-0.25, -0.2) is 0 Å². The molecule has 0 aromatic carbocycles. The molecule has 0 amide bonds. The van der Waals surface area contributed by atoms with Crippen LogP contribution in [0, 0.1) is 0 Å². The molecule has 1 aliphatic heterocycles. The highest BCUT2D eigenvalue weighted by molar-refractivity contribution is 5.05. The molecule has 0 aromatic heterocycles. The Bertz CT molecular complexity index is 263. The number of likely N-dealkylation sites (tertiary alicyclic amines) is 1. The second-order valence-corrected chi connectivity index (χ2v) is 4.94. The first-order valence-electron chi connectivity index (χ1n) is 6.71. The van der Waals surface area contributed by atoms with E-state index < -0.39 is 6.41 Å². The third-order valence-corrected chi connectivity index (χ3v) is 3.62. The Morgan fingerprint density at radius 2 is 2.17 bits per heavy atom. The van der Waals surface area contributed by atoms with E-state index in [0.29, 0.717) is 6.04 Å². The molecule has 4 N–H and O–H groups in total. The van der Waals surface area contributed by atoms with Crippen molar-refractivity contribution in [2.45, 2.75) is 51.6 Å². The standard InChI is InChI=1S/C13H27N3O2/c1-4-12(14)10(2)9-15-11-5-7-16(8-6-11)13(17)18-3/h9,11-13,15,17H,4-8,14H2,1-3H3/b10-9+. The van der Waals surface area contributed by atoms with Crippen molar-refractivity contribution in [2.24, 2.45) is 5.73 Å². The Kier molecular flexibility index (Phi) is 6.63. The van der Waals surface area contributed by atoms with Gasteiger partial charge in [-0.15, -0.1) is 0 Å². The summed E-state index contributed by atoms with van der Waals surface area (Å²) in [6.07, 6.45) is 4.25. The largest absolute Gasteiger partial charge is 0.388 e. The molecule has 0 saturated carbocycles. The number of aliphatic hydroxyl groups excluding tert-OH is 1. The maximum Gasteiger partial charge on any atom is 0.215 e. The van der Waals surface area contributed by atoms with E-state index in [4.69, 9.17) is 10.5 Å². The normalized spacial score (nSPS) is 22.8. The minimum atomic E-state index is -0.767. The summed E-state index contributed by atoms with van der Waals surface area (Å²) in [6, 6.07) is 0.609. The maximum absolute atomic E-state index is 9.55. The maximum atomic E-state index is 9.55. The minimum absolute atomic E-state index is 0.146. The second-order valence-electron chi connectivity index (χ2n) is 4.94. The number of aliphatic hydroxyl groups is 1. The fraction of sp³-hybridized carbons (Fsp3) is 0.846. The zero-order valence-electron chi connectivity index (χ0n) is 11.7. The number of methoxy groups -OCH3 is 1. The van der Waals surface area contributed by atoms with Gasteiger partial charge in [-0.3, -0.25) is 4.90 Å². The average Bonchev–Trinajstić information content (AvgIpc) is 2.43. The third-order valence-electron chi connectivity index (χ3n) is 3.62. The Morgan fingerprint density at radius 1 is 1.56 bits per heavy atom. The van der Waals surface area contributed by atoms with Gasteiger partial charge < -0.3 is 20.9 Å². The summed E-state index contributed by atoms with van der Waals surface area (Å²) in [5.41, 5.74) is 7.14. The lowest BCUT2D eigenvalue weighted by Gasteiger charge is -2.34. The predicted molar refractivity (Wildman–Crippen MR) is 72.8 cm³/mol. The highest BCUT2D eigenvalue weighted by Gasteiger charge is 2.22. The van der Waals surface area contributed by atoms with Crippen molar-refractivity contribution in [3.05, 3.63) is 11.8 Å². The predicted octanol–water partition coefficient (Wildman–Crippen LogP) is 0.604. The summed E-state index contributed by atoms with van der Waals surface area (Å²) < 4.78 is 4.90. The monoisotopic (exact) mass is 257 g/mol. The number of nitrogens with zero attached hydrogens (tertiary/aromatic N) is 1. The first-order chi connectivity index (χ1) is 8.58. The van der Waals surface area contributed by atoms with Crippen LogP contribution in [0.2, 0.25) is 0 Å². The van der Waals surface area contributed by atoms with E-state index in [-0.39, 0.29) is 6.04 Å². The zero-order valence-corrected chi connectivity index (χ0v) is 11.7. The third kappa shape index (κ3) is 4.57. The first-order valence-corrected chi connectivity index (χ1v) is 6.71. The minimum Gasteiger partial charge on any atom is -0.388 e. The molecule has 0 aliphatic carbocycles. The summed E-state index contributed by atoms with van der Waals surface area (Å²) in [4.78, 5) is 1.94. The van der Waals surface area contributed by atoms with Gasteiger partial charge in [0.2, 0.25) is 6.41 Å². The molecule has 18 heavy (non-hydrogen) atoms. The van der Waals surface area contributed by atoms with Crippen molar-refractivity contribution >= 4 is 0 Å². The molecule has 5 heteroatoms. The fourth-order valence-electron chi connectivity index (χ4n) is 2.11. The van der Waals surface area contributed by atoms with Crippen molar-refractivity contribution in [3.8, 4) is 0 Å². The van der Waals surface area contributed by atoms with Crippen LogP contribution in [0.1, 0.15) is 33.1 Å². The van der Waals surface area contributed by atoms with Gasteiger partial charge in [0.05, 0.1) is 0 Å². The molecule has 2 unspecified atom stereocenters. The van der Waals surface area contributed by atoms with Gasteiger partial charge in [-0.05, 0) is 38.0 Å². The molecule has 1 fully saturated rings. The number of rotatable bonds is 6. The molecular formula is C13H27N3O2. The average molecular weight is 257 g/mol. The van der Waals surface area contributed by atoms with Crippen molar-refractivity contribution in [2.75, 3.05) is 20.2 Å². The van der Waals surface area contributed by atoms with Crippen molar-refractivity contribution in [3.63, 3.8) is 0 Å². The van der Waals surface area contributed by atoms with Crippen LogP contribution in [-0.2, 0) is 4.74 Å². The number of piperidine rings is 1. The Balaban J connectivity index is 2.31. The van der Waals surface area contributed by atoms with Crippen LogP contribution in [-0.4, -0.2) is 48.7 Å². The molecule has 1 rings (SSSR count). The smallest absolute Gasteiger partial charge is 0.215 e. The molecule has 1 heterocycles. The van der Waals surface area contributed by atoms with Crippen molar-refractivity contribution in [1.29, 1.82) is 0 Å². The lowest BCUT2D eigenvalue weighted by Crippen LogP contribution is -2.46. The van der Waals surface area contributed by atoms with E-state index in [0.717, 1.165) is 32.4 Å². The lowest BCUT2D eigenvalue weighted by atomic mass is 10.0. The van der Waals surface area contributed by atoms with Gasteiger partial charge in [0.15, 0.2) is 0 Å². The van der Waals surface area contributed by atoms with Gasteiger partial charge >= 0.3 is 0 Å². The number of nitrogens with two attached hydrogens (primary N) is 1. The topological polar surface area (TPSA) is 70.8 Å². The molecule has 2 atom stereocenters. The van der Waals surface area contributed by atoms with Crippen LogP contribution in [0.3, 0.4) is 0 Å². The molecule has 5 nitrogen and oxygen atoms in total. The second kappa shape index (κ2) is 7.74. The lowest BCUT2D eigenvalue weighted by molar-refractivity contribution is -0.182. The van der Waals surface area contributed by atoms with Crippen LogP contribution in [0.25, 0.3) is 0 Å². The summed E-state index contributed by atoms with van der Waals surface area (Å²) >= 11 is 0. The summed E-state index contributed by atoms with van der Waals surface area (Å²) in [6.45, 7) is 5.84. The van der Waals surface area contributed by atoms with Crippen LogP contribution >= 0.6 is 0 Å². The van der Waals surface area contributed by atoms with Crippen LogP contribution in [0.15, 0.2) is 11.8 Å². The molecule has 0 radical (unpaired) electrons. The quantitative estimate of drug-likeness (QED) is 0.608. The molecule has 0 aromatic rings. The number of hydrogen-bond acceptors (Lipinski definition) is 5. The summed E-state index contributed by atoms with van der Waals surface area (Å²) in [5.74, 6) is 0. The molecule has 0 bridgehead atoms. The zero-order chi connectivity index (χ0) is 13.5. The molecule has 0 spiro atoms. The number of ether oxygens (including phenoxy) is 1. The fourth-order valence-corrected chi connectivity index (χ4v) is 2.11. The van der Waals surface area contributed by atoms with Crippen LogP contribution < -0.4 is 11.1 Å². The molecular weight excluding hydrogens is 230 g/mol. The Morgan fingerprint density at radius 3 is 2.67 bits per heavy atom. The van der Waals surface area contributed by atoms with Crippen LogP contribution in [0.4, 0.5) is 0 Å². The van der Waals surface area contributed by atoms with Gasteiger partial charge in [-0.1, -0.05) is 6.92 Å². The molecule has 1 aliphatic rings. The first kappa shape index (κ1) is 15.4. The summed E-state index contributed by atoms with van der Waals surface area (Å²) in [5, 5.41) is 13.0. The highest BCUT2D eigenvalue weighted by Crippen LogP contribution is 2.13. The SMILES string of the molecule is CCC(N)/C(C)=C/NC1CCN(C(O)OC)CC1. The van der Waals surface area contributed by atoms with Crippen LogP contribution in [0.5, 0.6) is 0 Å². The van der Waals surface area contributed by atoms with E-state index >= 15 is 0 Å². The Labute approximate surface area is 110 Å². The number of hydrogen-bond donors (Lipinski definition) is 3.